The van der Waals surface area contributed by atoms with E-state index in [0.29, 0.717) is 12.0 Å². The van der Waals surface area contributed by atoms with Gasteiger partial charge in [0.25, 0.3) is 5.91 Å². The van der Waals surface area contributed by atoms with Gasteiger partial charge in [-0.3, -0.25) is 9.59 Å². The largest absolute Gasteiger partial charge is 0.368 e. The van der Waals surface area contributed by atoms with Crippen LogP contribution in [0, 0.1) is 0 Å². The van der Waals surface area contributed by atoms with Gasteiger partial charge in [0.1, 0.15) is 6.04 Å². The lowest BCUT2D eigenvalue weighted by Crippen LogP contribution is -2.46. The second kappa shape index (κ2) is 8.01. The summed E-state index contributed by atoms with van der Waals surface area (Å²) in [5.74, 6) is -0.931. The van der Waals surface area contributed by atoms with E-state index >= 15 is 0 Å². The number of aromatic nitrogens is 1. The number of amides is 2. The van der Waals surface area contributed by atoms with Crippen molar-refractivity contribution in [1.82, 2.24) is 10.3 Å². The zero-order valence-electron chi connectivity index (χ0n) is 15.4. The van der Waals surface area contributed by atoms with Crippen LogP contribution >= 0.6 is 15.9 Å². The molecule has 0 aliphatic carbocycles. The van der Waals surface area contributed by atoms with Crippen molar-refractivity contribution in [3.05, 3.63) is 88.4 Å². The summed E-state index contributed by atoms with van der Waals surface area (Å²) in [6.45, 7) is 0. The maximum absolute atomic E-state index is 13.3. The highest BCUT2D eigenvalue weighted by molar-refractivity contribution is 9.10. The molecule has 0 aliphatic rings. The average molecular weight is 448 g/mol. The minimum Gasteiger partial charge on any atom is -0.368 e. The van der Waals surface area contributed by atoms with Crippen molar-refractivity contribution in [2.45, 2.75) is 12.5 Å². The van der Waals surface area contributed by atoms with Gasteiger partial charge in [0.05, 0.1) is 16.6 Å². The predicted octanol–water partition coefficient (Wildman–Crippen LogP) is 3.98. The van der Waals surface area contributed by atoms with Crippen LogP contribution in [0.3, 0.4) is 0 Å². The summed E-state index contributed by atoms with van der Waals surface area (Å²) in [6, 6.07) is 21.7. The first-order chi connectivity index (χ1) is 14.0. The van der Waals surface area contributed by atoms with Gasteiger partial charge >= 0.3 is 0 Å². The number of nitrogens with one attached hydrogen (secondary N) is 1. The normalized spacial score (nSPS) is 12.0. The summed E-state index contributed by atoms with van der Waals surface area (Å²) in [5.41, 5.74) is 8.43. The van der Waals surface area contributed by atoms with Crippen LogP contribution in [0.15, 0.2) is 77.3 Å². The Labute approximate surface area is 176 Å². The molecule has 0 aliphatic heterocycles. The van der Waals surface area contributed by atoms with Gasteiger partial charge in [0.15, 0.2) is 0 Å². The van der Waals surface area contributed by atoms with Gasteiger partial charge in [-0.05, 0) is 29.8 Å². The topological polar surface area (TPSA) is 85.1 Å². The van der Waals surface area contributed by atoms with Gasteiger partial charge < -0.3 is 11.1 Å². The van der Waals surface area contributed by atoms with Gasteiger partial charge in [-0.15, -0.1) is 0 Å². The van der Waals surface area contributed by atoms with Crippen molar-refractivity contribution in [3.63, 3.8) is 0 Å². The van der Waals surface area contributed by atoms with Crippen molar-refractivity contribution >= 4 is 49.6 Å². The molecule has 2 amide bonds. The van der Waals surface area contributed by atoms with Crippen LogP contribution in [0.25, 0.3) is 21.8 Å². The molecule has 6 heteroatoms. The molecule has 0 fully saturated rings. The molecule has 3 N–H and O–H groups in total. The molecule has 0 unspecified atom stereocenters. The first kappa shape index (κ1) is 19.1. The number of carbonyl (C=O) groups is 2. The van der Waals surface area contributed by atoms with Crippen molar-refractivity contribution in [2.75, 3.05) is 0 Å². The minimum absolute atomic E-state index is 0.307. The molecule has 0 spiro atoms. The number of rotatable bonds is 5. The summed E-state index contributed by atoms with van der Waals surface area (Å²) < 4.78 is 0.899. The highest BCUT2D eigenvalue weighted by atomic mass is 79.9. The molecule has 1 heterocycles. The Bertz CT molecular complexity index is 1190. The fourth-order valence-corrected chi connectivity index (χ4v) is 3.88. The summed E-state index contributed by atoms with van der Waals surface area (Å²) >= 11 is 3.42. The number of nitrogens with two attached hydrogens (primary N) is 1. The van der Waals surface area contributed by atoms with E-state index in [1.54, 1.807) is 0 Å². The Balaban J connectivity index is 1.74. The highest BCUT2D eigenvalue weighted by Gasteiger charge is 2.22. The van der Waals surface area contributed by atoms with Crippen LogP contribution in [0.1, 0.15) is 15.9 Å². The van der Waals surface area contributed by atoms with Crippen LogP contribution in [-0.2, 0) is 11.2 Å². The second-order valence-electron chi connectivity index (χ2n) is 6.78. The van der Waals surface area contributed by atoms with Gasteiger partial charge in [-0.2, -0.15) is 0 Å². The quantitative estimate of drug-likeness (QED) is 0.453. The summed E-state index contributed by atoms with van der Waals surface area (Å²) in [4.78, 5) is 30.0. The number of nitrogens with zero attached hydrogens (tertiary/aromatic N) is 1. The van der Waals surface area contributed by atoms with E-state index in [1.807, 2.05) is 72.8 Å². The van der Waals surface area contributed by atoms with Crippen molar-refractivity contribution in [3.8, 4) is 0 Å². The van der Waals surface area contributed by atoms with E-state index in [4.69, 9.17) is 5.73 Å². The highest BCUT2D eigenvalue weighted by Crippen LogP contribution is 2.26. The van der Waals surface area contributed by atoms with Crippen LogP contribution < -0.4 is 11.1 Å². The van der Waals surface area contributed by atoms with Crippen molar-refractivity contribution < 1.29 is 9.59 Å². The molecular formula is C23H18BrN3O2. The molecule has 29 heavy (non-hydrogen) atoms. The average Bonchev–Trinajstić information content (AvgIpc) is 2.71. The lowest BCUT2D eigenvalue weighted by Gasteiger charge is -2.17. The molecule has 0 bridgehead atoms. The SMILES string of the molecule is NC(=O)[C@H](Cc1cccc(Br)c1)NC(=O)c1c2ccccc2nc2ccccc12. The van der Waals surface area contributed by atoms with Crippen LogP contribution in [0.5, 0.6) is 0 Å². The molecule has 3 aromatic carbocycles. The van der Waals surface area contributed by atoms with E-state index in [1.165, 1.54) is 0 Å². The van der Waals surface area contributed by atoms with Crippen molar-refractivity contribution in [1.29, 1.82) is 0 Å². The zero-order valence-corrected chi connectivity index (χ0v) is 17.0. The van der Waals surface area contributed by atoms with Gasteiger partial charge in [0, 0.05) is 21.7 Å². The molecule has 0 radical (unpaired) electrons. The number of hydrogen-bond acceptors (Lipinski definition) is 3. The Morgan fingerprint density at radius 1 is 0.931 bits per heavy atom. The summed E-state index contributed by atoms with van der Waals surface area (Å²) in [7, 11) is 0. The number of para-hydroxylation sites is 2. The maximum Gasteiger partial charge on any atom is 0.253 e. The fraction of sp³-hybridized carbons (Fsp3) is 0.0870. The molecule has 144 valence electrons. The van der Waals surface area contributed by atoms with E-state index < -0.39 is 11.9 Å². The van der Waals surface area contributed by atoms with Gasteiger partial charge in [-0.1, -0.05) is 64.5 Å². The zero-order chi connectivity index (χ0) is 20.4. The standard InChI is InChI=1S/C23H18BrN3O2/c24-15-7-5-6-14(12-15)13-20(22(25)28)27-23(29)21-16-8-1-3-10-18(16)26-19-11-4-2-9-17(19)21/h1-12,20H,13H2,(H2,25,28)(H,27,29)/t20-/m0/s1. The van der Waals surface area contributed by atoms with E-state index in [0.717, 1.165) is 31.8 Å². The van der Waals surface area contributed by atoms with Crippen LogP contribution in [0.4, 0.5) is 0 Å². The molecule has 0 saturated carbocycles. The molecule has 5 nitrogen and oxygen atoms in total. The number of benzene rings is 3. The van der Waals surface area contributed by atoms with Crippen LogP contribution in [-0.4, -0.2) is 22.8 Å². The monoisotopic (exact) mass is 447 g/mol. The Hall–Kier alpha value is -3.25. The second-order valence-corrected chi connectivity index (χ2v) is 7.70. The number of pyridine rings is 1. The maximum atomic E-state index is 13.3. The van der Waals surface area contributed by atoms with E-state index in [2.05, 4.69) is 26.2 Å². The number of primary amides is 1. The first-order valence-electron chi connectivity index (χ1n) is 9.15. The van der Waals surface area contributed by atoms with Crippen molar-refractivity contribution in [2.24, 2.45) is 5.73 Å². The molecular weight excluding hydrogens is 430 g/mol. The molecule has 1 aromatic heterocycles. The summed E-state index contributed by atoms with van der Waals surface area (Å²) in [5, 5.41) is 4.29. The third kappa shape index (κ3) is 3.98. The Morgan fingerprint density at radius 3 is 2.14 bits per heavy atom. The number of fused-ring (bicyclic) bond motifs is 2. The molecule has 4 aromatic rings. The molecule has 1 atom stereocenters. The lowest BCUT2D eigenvalue weighted by molar-refractivity contribution is -0.119. The summed E-state index contributed by atoms with van der Waals surface area (Å²) in [6.07, 6.45) is 0.307. The fourth-order valence-electron chi connectivity index (χ4n) is 3.44. The number of halogens is 1. The molecule has 0 saturated heterocycles. The predicted molar refractivity (Wildman–Crippen MR) is 118 cm³/mol. The van der Waals surface area contributed by atoms with E-state index in [9.17, 15) is 9.59 Å². The van der Waals surface area contributed by atoms with Crippen LogP contribution in [0.2, 0.25) is 0 Å². The Kier molecular flexibility index (Phi) is 5.27. The Morgan fingerprint density at radius 2 is 1.55 bits per heavy atom. The van der Waals surface area contributed by atoms with Gasteiger partial charge in [-0.25, -0.2) is 4.98 Å². The molecule has 4 rings (SSSR count). The minimum atomic E-state index is -0.831. The third-order valence-electron chi connectivity index (χ3n) is 4.79. The number of hydrogen-bond donors (Lipinski definition) is 2. The van der Waals surface area contributed by atoms with E-state index in [-0.39, 0.29) is 5.91 Å². The number of carbonyl (C=O) groups excluding carboxylic acids is 2. The lowest BCUT2D eigenvalue weighted by atomic mass is 10.0. The third-order valence-corrected chi connectivity index (χ3v) is 5.29. The first-order valence-corrected chi connectivity index (χ1v) is 9.94. The van der Waals surface area contributed by atoms with Gasteiger partial charge in [0.2, 0.25) is 5.91 Å². The smallest absolute Gasteiger partial charge is 0.253 e.